The maximum absolute atomic E-state index is 12.3. The third kappa shape index (κ3) is 4.94. The van der Waals surface area contributed by atoms with Crippen LogP contribution in [0.1, 0.15) is 46.5 Å². The number of aliphatic hydroxyl groups is 1. The molecule has 2 aliphatic rings. The zero-order valence-electron chi connectivity index (χ0n) is 13.6. The molecular weight excluding hydrogens is 268 g/mol. The van der Waals surface area contributed by atoms with E-state index in [9.17, 15) is 9.90 Å². The van der Waals surface area contributed by atoms with E-state index in [0.29, 0.717) is 25.0 Å². The highest BCUT2D eigenvalue weighted by atomic mass is 16.5. The smallest absolute Gasteiger partial charge is 0.234 e. The monoisotopic (exact) mass is 298 g/mol. The van der Waals surface area contributed by atoms with E-state index in [1.54, 1.807) is 0 Å². The number of hydrogen-bond donors (Lipinski definition) is 2. The van der Waals surface area contributed by atoms with Crippen LogP contribution in [0.5, 0.6) is 0 Å². The zero-order chi connectivity index (χ0) is 15.5. The first-order valence-electron chi connectivity index (χ1n) is 8.20. The number of amides is 1. The van der Waals surface area contributed by atoms with E-state index in [4.69, 9.17) is 4.74 Å². The minimum absolute atomic E-state index is 0.00120. The van der Waals surface area contributed by atoms with Crippen LogP contribution in [0.15, 0.2) is 0 Å². The Labute approximate surface area is 128 Å². The zero-order valence-corrected chi connectivity index (χ0v) is 13.6. The third-order valence-corrected chi connectivity index (χ3v) is 4.58. The molecular formula is C16H30N2O3. The second kappa shape index (κ2) is 7.07. The van der Waals surface area contributed by atoms with Gasteiger partial charge in [0.05, 0.1) is 24.9 Å². The SMILES string of the molecule is CC1CCCCC1NC(=O)CN1CC(CO)OC(C)(C)C1. The lowest BCUT2D eigenvalue weighted by Gasteiger charge is -2.42. The van der Waals surface area contributed by atoms with Crippen molar-refractivity contribution in [1.82, 2.24) is 10.2 Å². The first-order valence-corrected chi connectivity index (χ1v) is 8.20. The van der Waals surface area contributed by atoms with Crippen LogP contribution in [0.2, 0.25) is 0 Å². The molecule has 2 rings (SSSR count). The maximum Gasteiger partial charge on any atom is 0.234 e. The second-order valence-electron chi connectivity index (χ2n) is 7.29. The molecule has 2 N–H and O–H groups in total. The van der Waals surface area contributed by atoms with Crippen molar-refractivity contribution in [1.29, 1.82) is 0 Å². The Morgan fingerprint density at radius 3 is 2.76 bits per heavy atom. The molecule has 0 aromatic rings. The van der Waals surface area contributed by atoms with Gasteiger partial charge < -0.3 is 15.2 Å². The minimum Gasteiger partial charge on any atom is -0.394 e. The summed E-state index contributed by atoms with van der Waals surface area (Å²) in [7, 11) is 0. The van der Waals surface area contributed by atoms with Crippen LogP contribution in [0.4, 0.5) is 0 Å². The fourth-order valence-corrected chi connectivity index (χ4v) is 3.62. The largest absolute Gasteiger partial charge is 0.394 e. The molecule has 3 atom stereocenters. The van der Waals surface area contributed by atoms with Crippen molar-refractivity contribution in [2.75, 3.05) is 26.2 Å². The van der Waals surface area contributed by atoms with Crippen molar-refractivity contribution >= 4 is 5.91 Å². The fourth-order valence-electron chi connectivity index (χ4n) is 3.62. The predicted molar refractivity (Wildman–Crippen MR) is 82.0 cm³/mol. The Kier molecular flexibility index (Phi) is 5.63. The molecule has 0 spiro atoms. The van der Waals surface area contributed by atoms with Gasteiger partial charge in [-0.3, -0.25) is 9.69 Å². The molecule has 0 bridgehead atoms. The number of aliphatic hydroxyl groups excluding tert-OH is 1. The number of rotatable bonds is 4. The summed E-state index contributed by atoms with van der Waals surface area (Å²) >= 11 is 0. The van der Waals surface area contributed by atoms with E-state index in [1.165, 1.54) is 19.3 Å². The van der Waals surface area contributed by atoms with Gasteiger partial charge in [0, 0.05) is 19.1 Å². The average molecular weight is 298 g/mol. The predicted octanol–water partition coefficient (Wildman–Crippen LogP) is 1.15. The van der Waals surface area contributed by atoms with Crippen LogP contribution in [-0.2, 0) is 9.53 Å². The molecule has 0 aromatic heterocycles. The van der Waals surface area contributed by atoms with Crippen LogP contribution in [0, 0.1) is 5.92 Å². The Balaban J connectivity index is 1.83. The summed E-state index contributed by atoms with van der Waals surface area (Å²) in [5.41, 5.74) is -0.315. The number of carbonyl (C=O) groups excluding carboxylic acids is 1. The lowest BCUT2D eigenvalue weighted by atomic mass is 9.86. The van der Waals surface area contributed by atoms with Crippen molar-refractivity contribution in [2.45, 2.75) is 64.2 Å². The molecule has 1 aliphatic carbocycles. The molecule has 3 unspecified atom stereocenters. The molecule has 21 heavy (non-hydrogen) atoms. The van der Waals surface area contributed by atoms with Crippen LogP contribution in [-0.4, -0.2) is 59.9 Å². The number of ether oxygens (including phenoxy) is 1. The molecule has 1 saturated carbocycles. The second-order valence-corrected chi connectivity index (χ2v) is 7.29. The summed E-state index contributed by atoms with van der Waals surface area (Å²) in [6.07, 6.45) is 4.61. The van der Waals surface area contributed by atoms with Gasteiger partial charge in [0.25, 0.3) is 0 Å². The highest BCUT2D eigenvalue weighted by Gasteiger charge is 2.34. The van der Waals surface area contributed by atoms with Gasteiger partial charge in [0.15, 0.2) is 0 Å². The van der Waals surface area contributed by atoms with Gasteiger partial charge in [-0.15, -0.1) is 0 Å². The van der Waals surface area contributed by atoms with E-state index in [-0.39, 0.29) is 24.2 Å². The lowest BCUT2D eigenvalue weighted by Crippen LogP contribution is -2.56. The highest BCUT2D eigenvalue weighted by molar-refractivity contribution is 5.78. The summed E-state index contributed by atoms with van der Waals surface area (Å²) in [6, 6.07) is 0.328. The Morgan fingerprint density at radius 1 is 1.38 bits per heavy atom. The Morgan fingerprint density at radius 2 is 2.10 bits per heavy atom. The summed E-state index contributed by atoms with van der Waals surface area (Å²) in [5.74, 6) is 0.678. The molecule has 122 valence electrons. The normalized spacial score (nSPS) is 33.6. The molecule has 1 aliphatic heterocycles. The van der Waals surface area contributed by atoms with Crippen LogP contribution >= 0.6 is 0 Å². The van der Waals surface area contributed by atoms with E-state index < -0.39 is 0 Å². The van der Waals surface area contributed by atoms with Crippen molar-refractivity contribution < 1.29 is 14.6 Å². The van der Waals surface area contributed by atoms with E-state index in [0.717, 1.165) is 13.0 Å². The fraction of sp³-hybridized carbons (Fsp3) is 0.938. The first-order chi connectivity index (χ1) is 9.89. The van der Waals surface area contributed by atoms with Gasteiger partial charge >= 0.3 is 0 Å². The lowest BCUT2D eigenvalue weighted by molar-refractivity contribution is -0.153. The number of hydrogen-bond acceptors (Lipinski definition) is 4. The average Bonchev–Trinajstić information content (AvgIpc) is 2.39. The number of nitrogens with zero attached hydrogens (tertiary/aromatic N) is 1. The Hall–Kier alpha value is -0.650. The number of nitrogens with one attached hydrogen (secondary N) is 1. The molecule has 1 heterocycles. The summed E-state index contributed by atoms with van der Waals surface area (Å²) < 4.78 is 5.78. The molecule has 0 radical (unpaired) electrons. The van der Waals surface area contributed by atoms with E-state index in [1.807, 2.05) is 13.8 Å². The van der Waals surface area contributed by atoms with Crippen LogP contribution < -0.4 is 5.32 Å². The van der Waals surface area contributed by atoms with Crippen LogP contribution in [0.3, 0.4) is 0 Å². The molecule has 1 amide bonds. The molecule has 0 aromatic carbocycles. The van der Waals surface area contributed by atoms with Crippen molar-refractivity contribution in [3.05, 3.63) is 0 Å². The van der Waals surface area contributed by atoms with Crippen LogP contribution in [0.25, 0.3) is 0 Å². The van der Waals surface area contributed by atoms with E-state index >= 15 is 0 Å². The van der Waals surface area contributed by atoms with Gasteiger partial charge in [-0.25, -0.2) is 0 Å². The molecule has 2 fully saturated rings. The summed E-state index contributed by atoms with van der Waals surface area (Å²) in [6.45, 7) is 7.97. The highest BCUT2D eigenvalue weighted by Crippen LogP contribution is 2.24. The number of morpholine rings is 1. The molecule has 1 saturated heterocycles. The van der Waals surface area contributed by atoms with Crippen molar-refractivity contribution in [3.63, 3.8) is 0 Å². The molecule has 5 heteroatoms. The van der Waals surface area contributed by atoms with Crippen molar-refractivity contribution in [2.24, 2.45) is 5.92 Å². The Bertz CT molecular complexity index is 359. The van der Waals surface area contributed by atoms with E-state index in [2.05, 4.69) is 17.1 Å². The number of carbonyl (C=O) groups is 1. The van der Waals surface area contributed by atoms with Gasteiger partial charge in [0.1, 0.15) is 0 Å². The summed E-state index contributed by atoms with van der Waals surface area (Å²) in [5, 5.41) is 12.5. The van der Waals surface area contributed by atoms with Gasteiger partial charge in [-0.05, 0) is 32.6 Å². The third-order valence-electron chi connectivity index (χ3n) is 4.58. The van der Waals surface area contributed by atoms with Gasteiger partial charge in [-0.2, -0.15) is 0 Å². The topological polar surface area (TPSA) is 61.8 Å². The van der Waals surface area contributed by atoms with Crippen molar-refractivity contribution in [3.8, 4) is 0 Å². The minimum atomic E-state index is -0.315. The summed E-state index contributed by atoms with van der Waals surface area (Å²) in [4.78, 5) is 14.4. The maximum atomic E-state index is 12.3. The molecule has 5 nitrogen and oxygen atoms in total. The first kappa shape index (κ1) is 16.7. The standard InChI is InChI=1S/C16H30N2O3/c1-12-6-4-5-7-14(12)17-15(20)9-18-8-13(10-19)21-16(2,3)11-18/h12-14,19H,4-11H2,1-3H3,(H,17,20). The van der Waals surface area contributed by atoms with Gasteiger partial charge in [0.2, 0.25) is 5.91 Å². The quantitative estimate of drug-likeness (QED) is 0.817. The van der Waals surface area contributed by atoms with Gasteiger partial charge in [-0.1, -0.05) is 19.8 Å².